The molecule has 1 fully saturated rings. The highest BCUT2D eigenvalue weighted by Gasteiger charge is 2.31. The van der Waals surface area contributed by atoms with Crippen LogP contribution in [0.4, 0.5) is 11.4 Å². The van der Waals surface area contributed by atoms with Crippen molar-refractivity contribution in [2.75, 3.05) is 36.4 Å². The lowest BCUT2D eigenvalue weighted by Crippen LogP contribution is -2.43. The molecule has 0 atom stereocenters. The second-order valence-electron chi connectivity index (χ2n) is 9.26. The largest absolute Gasteiger partial charge is 0.369 e. The zero-order chi connectivity index (χ0) is 27.0. The van der Waals surface area contributed by atoms with Gasteiger partial charge < -0.3 is 20.9 Å². The zero-order valence-electron chi connectivity index (χ0n) is 20.8. The average molecular weight is 560 g/mol. The Bertz CT molecular complexity index is 1680. The van der Waals surface area contributed by atoms with Crippen LogP contribution in [-0.4, -0.2) is 51.4 Å². The van der Waals surface area contributed by atoms with Crippen LogP contribution >= 0.6 is 11.3 Å². The predicted octanol–water partition coefficient (Wildman–Crippen LogP) is 3.55. The van der Waals surface area contributed by atoms with Crippen molar-refractivity contribution in [2.45, 2.75) is 16.3 Å². The number of carbonyl (C=O) groups excluding carboxylic acids is 2. The summed E-state index contributed by atoms with van der Waals surface area (Å²) in [6.45, 7) is 4.21. The molecule has 0 spiro atoms. The molecule has 4 aromatic rings. The number of amides is 2. The number of thiazole rings is 1. The lowest BCUT2D eigenvalue weighted by atomic mass is 10.1. The van der Waals surface area contributed by atoms with Gasteiger partial charge in [-0.1, -0.05) is 12.1 Å². The minimum atomic E-state index is -3.93. The SMILES string of the molecule is O=C(NCc1cnc(-c2ccc(N3CCNCC3)cc2)s1)c1ccc2c(c1)NC(=O)c1ccccc1S2(=O)=O. The highest BCUT2D eigenvalue weighted by molar-refractivity contribution is 7.91. The molecule has 0 saturated carbocycles. The lowest BCUT2D eigenvalue weighted by molar-refractivity contribution is 0.0949. The number of aromatic nitrogens is 1. The monoisotopic (exact) mass is 559 g/mol. The second-order valence-corrected chi connectivity index (χ2v) is 12.3. The second kappa shape index (κ2) is 10.3. The Morgan fingerprint density at radius 3 is 2.56 bits per heavy atom. The van der Waals surface area contributed by atoms with E-state index in [0.717, 1.165) is 41.6 Å². The minimum absolute atomic E-state index is 0.0487. The van der Waals surface area contributed by atoms with E-state index in [0.29, 0.717) is 0 Å². The third-order valence-electron chi connectivity index (χ3n) is 6.77. The van der Waals surface area contributed by atoms with Crippen LogP contribution < -0.4 is 20.9 Å². The number of hydrogen-bond donors (Lipinski definition) is 3. The minimum Gasteiger partial charge on any atom is -0.369 e. The fraction of sp³-hybridized carbons (Fsp3) is 0.179. The van der Waals surface area contributed by atoms with E-state index in [1.165, 1.54) is 47.4 Å². The van der Waals surface area contributed by atoms with Crippen molar-refractivity contribution in [3.05, 3.63) is 88.9 Å². The summed E-state index contributed by atoms with van der Waals surface area (Å²) in [5.41, 5.74) is 2.59. The summed E-state index contributed by atoms with van der Waals surface area (Å²) in [6, 6.07) is 18.6. The standard InChI is InChI=1S/C28H25N5O4S2/c34-26(19-7-10-25-23(15-19)32-27(35)22-3-1-2-4-24(22)39(25,36)37)30-16-21-17-31-28(38-21)18-5-8-20(9-6-18)33-13-11-29-12-14-33/h1-10,15,17,29H,11-14,16H2,(H,30,34)(H,32,35). The predicted molar refractivity (Wildman–Crippen MR) is 150 cm³/mol. The Hall–Kier alpha value is -4.06. The summed E-state index contributed by atoms with van der Waals surface area (Å²) < 4.78 is 26.3. The first-order chi connectivity index (χ1) is 18.9. The fourth-order valence-electron chi connectivity index (χ4n) is 4.73. The maximum absolute atomic E-state index is 13.2. The number of sulfone groups is 1. The van der Waals surface area contributed by atoms with Crippen LogP contribution in [0.5, 0.6) is 0 Å². The van der Waals surface area contributed by atoms with Gasteiger partial charge in [-0.15, -0.1) is 11.3 Å². The highest BCUT2D eigenvalue weighted by atomic mass is 32.2. The van der Waals surface area contributed by atoms with Gasteiger partial charge in [-0.25, -0.2) is 13.4 Å². The summed E-state index contributed by atoms with van der Waals surface area (Å²) in [6.07, 6.45) is 1.74. The molecule has 2 aliphatic heterocycles. The molecular formula is C28H25N5O4S2. The third-order valence-corrected chi connectivity index (χ3v) is 9.69. The summed E-state index contributed by atoms with van der Waals surface area (Å²) >= 11 is 1.50. The summed E-state index contributed by atoms with van der Waals surface area (Å²) in [4.78, 5) is 33.2. The van der Waals surface area contributed by atoms with Crippen molar-refractivity contribution in [2.24, 2.45) is 0 Å². The van der Waals surface area contributed by atoms with Crippen molar-refractivity contribution in [1.29, 1.82) is 0 Å². The number of nitrogens with one attached hydrogen (secondary N) is 3. The smallest absolute Gasteiger partial charge is 0.257 e. The van der Waals surface area contributed by atoms with E-state index in [1.54, 1.807) is 18.3 Å². The van der Waals surface area contributed by atoms with Gasteiger partial charge in [-0.2, -0.15) is 0 Å². The number of carbonyl (C=O) groups is 2. The molecule has 0 radical (unpaired) electrons. The third kappa shape index (κ3) is 4.91. The molecule has 0 unspecified atom stereocenters. The number of nitrogens with zero attached hydrogens (tertiary/aromatic N) is 2. The summed E-state index contributed by atoms with van der Waals surface area (Å²) in [5.74, 6) is -0.926. The first-order valence-electron chi connectivity index (χ1n) is 12.5. The van der Waals surface area contributed by atoms with Crippen LogP contribution in [0.2, 0.25) is 0 Å². The van der Waals surface area contributed by atoms with Gasteiger partial charge in [0.05, 0.1) is 27.6 Å². The molecule has 3 N–H and O–H groups in total. The van der Waals surface area contributed by atoms with E-state index in [-0.39, 0.29) is 39.1 Å². The van der Waals surface area contributed by atoms with Gasteiger partial charge >= 0.3 is 0 Å². The molecule has 198 valence electrons. The van der Waals surface area contributed by atoms with Crippen LogP contribution in [0.25, 0.3) is 10.6 Å². The molecule has 2 aliphatic rings. The van der Waals surface area contributed by atoms with Gasteiger partial charge in [0.2, 0.25) is 9.84 Å². The molecule has 2 amide bonds. The first kappa shape index (κ1) is 25.2. The van der Waals surface area contributed by atoms with Gasteiger partial charge in [-0.05, 0) is 54.6 Å². The lowest BCUT2D eigenvalue weighted by Gasteiger charge is -2.29. The molecule has 11 heteroatoms. The van der Waals surface area contributed by atoms with Crippen LogP contribution in [0.3, 0.4) is 0 Å². The number of fused-ring (bicyclic) bond motifs is 2. The number of benzene rings is 3. The Morgan fingerprint density at radius 1 is 1.00 bits per heavy atom. The van der Waals surface area contributed by atoms with Gasteiger partial charge in [0.1, 0.15) is 5.01 Å². The normalized spacial score (nSPS) is 16.0. The van der Waals surface area contributed by atoms with Crippen LogP contribution in [0.1, 0.15) is 25.6 Å². The zero-order valence-corrected chi connectivity index (χ0v) is 22.4. The van der Waals surface area contributed by atoms with Gasteiger partial charge in [0, 0.05) is 54.1 Å². The fourth-order valence-corrected chi connectivity index (χ4v) is 7.18. The van der Waals surface area contributed by atoms with Crippen molar-refractivity contribution >= 4 is 44.4 Å². The topological polar surface area (TPSA) is 120 Å². The Kier molecular flexibility index (Phi) is 6.63. The number of anilines is 2. The molecule has 0 bridgehead atoms. The molecule has 9 nitrogen and oxygen atoms in total. The van der Waals surface area contributed by atoms with Crippen molar-refractivity contribution < 1.29 is 18.0 Å². The van der Waals surface area contributed by atoms with E-state index in [2.05, 4.69) is 50.1 Å². The van der Waals surface area contributed by atoms with Crippen molar-refractivity contribution in [3.63, 3.8) is 0 Å². The van der Waals surface area contributed by atoms with E-state index in [1.807, 2.05) is 0 Å². The molecule has 3 aromatic carbocycles. The maximum Gasteiger partial charge on any atom is 0.257 e. The van der Waals surface area contributed by atoms with Gasteiger partial charge in [0.25, 0.3) is 11.8 Å². The number of hydrogen-bond acceptors (Lipinski definition) is 8. The van der Waals surface area contributed by atoms with E-state index >= 15 is 0 Å². The van der Waals surface area contributed by atoms with Crippen LogP contribution in [-0.2, 0) is 16.4 Å². The Balaban J connectivity index is 1.14. The Morgan fingerprint density at radius 2 is 1.77 bits per heavy atom. The first-order valence-corrected chi connectivity index (χ1v) is 14.8. The van der Waals surface area contributed by atoms with Gasteiger partial charge in [0.15, 0.2) is 0 Å². The molecule has 39 heavy (non-hydrogen) atoms. The van der Waals surface area contributed by atoms with Gasteiger partial charge in [-0.3, -0.25) is 9.59 Å². The maximum atomic E-state index is 13.2. The number of rotatable bonds is 5. The van der Waals surface area contributed by atoms with Crippen LogP contribution in [0, 0.1) is 0 Å². The van der Waals surface area contributed by atoms with Crippen molar-refractivity contribution in [1.82, 2.24) is 15.6 Å². The molecule has 1 aromatic heterocycles. The van der Waals surface area contributed by atoms with E-state index in [4.69, 9.17) is 0 Å². The molecular weight excluding hydrogens is 534 g/mol. The molecule has 6 rings (SSSR count). The summed E-state index contributed by atoms with van der Waals surface area (Å²) in [5, 5.41) is 9.72. The van der Waals surface area contributed by atoms with Crippen molar-refractivity contribution in [3.8, 4) is 10.6 Å². The molecule has 0 aliphatic carbocycles. The molecule has 1 saturated heterocycles. The Labute approximate surface area is 229 Å². The summed E-state index contributed by atoms with van der Waals surface area (Å²) in [7, 11) is -3.93. The average Bonchev–Trinajstić information content (AvgIpc) is 3.42. The van der Waals surface area contributed by atoms with E-state index in [9.17, 15) is 18.0 Å². The number of piperazine rings is 1. The molecule has 3 heterocycles. The van der Waals surface area contributed by atoms with E-state index < -0.39 is 15.7 Å². The highest BCUT2D eigenvalue weighted by Crippen LogP contribution is 2.34. The quantitative estimate of drug-likeness (QED) is 0.342. The van der Waals surface area contributed by atoms with Crippen LogP contribution in [0.15, 0.2) is 82.7 Å².